The fourth-order valence-corrected chi connectivity index (χ4v) is 2.36. The van der Waals surface area contributed by atoms with E-state index in [1.807, 2.05) is 26.0 Å². The van der Waals surface area contributed by atoms with Crippen LogP contribution in [0.2, 0.25) is 0 Å². The van der Waals surface area contributed by atoms with Crippen molar-refractivity contribution in [3.05, 3.63) is 35.4 Å². The van der Waals surface area contributed by atoms with Crippen LogP contribution in [0.3, 0.4) is 0 Å². The van der Waals surface area contributed by atoms with E-state index >= 15 is 0 Å². The molecular formula is C16H22N2O2. The summed E-state index contributed by atoms with van der Waals surface area (Å²) in [7, 11) is 1.60. The first-order chi connectivity index (χ1) is 9.52. The lowest BCUT2D eigenvalue weighted by Crippen LogP contribution is -2.46. The lowest BCUT2D eigenvalue weighted by atomic mass is 10.1. The zero-order chi connectivity index (χ0) is 14.7. The number of hydrogen-bond donors (Lipinski definition) is 2. The van der Waals surface area contributed by atoms with Crippen LogP contribution in [0.5, 0.6) is 5.75 Å². The number of fused-ring (bicyclic) bond motifs is 1. The molecule has 0 aromatic heterocycles. The molecule has 4 nitrogen and oxygen atoms in total. The van der Waals surface area contributed by atoms with Crippen molar-refractivity contribution >= 4 is 11.6 Å². The molecule has 2 rings (SSSR count). The number of hydrogen-bond acceptors (Lipinski definition) is 2. The Hall–Kier alpha value is -1.97. The predicted molar refractivity (Wildman–Crippen MR) is 80.9 cm³/mol. The van der Waals surface area contributed by atoms with Gasteiger partial charge in [-0.05, 0) is 44.4 Å². The zero-order valence-electron chi connectivity index (χ0n) is 12.5. The van der Waals surface area contributed by atoms with E-state index in [1.165, 1.54) is 16.7 Å². The second kappa shape index (κ2) is 5.99. The van der Waals surface area contributed by atoms with Crippen LogP contribution in [0, 0.1) is 0 Å². The van der Waals surface area contributed by atoms with Crippen LogP contribution < -0.4 is 15.4 Å². The molecule has 4 heteroatoms. The Balaban J connectivity index is 2.09. The Morgan fingerprint density at radius 3 is 2.80 bits per heavy atom. The van der Waals surface area contributed by atoms with E-state index in [9.17, 15) is 4.79 Å². The van der Waals surface area contributed by atoms with Crippen LogP contribution in [0.1, 0.15) is 31.9 Å². The highest BCUT2D eigenvalue weighted by atomic mass is 16.5. The van der Waals surface area contributed by atoms with Gasteiger partial charge in [0.2, 0.25) is 0 Å². The van der Waals surface area contributed by atoms with Crippen molar-refractivity contribution in [3.63, 3.8) is 0 Å². The first-order valence-corrected chi connectivity index (χ1v) is 6.97. The van der Waals surface area contributed by atoms with Crippen LogP contribution >= 0.6 is 0 Å². The first kappa shape index (κ1) is 14.4. The number of benzene rings is 1. The summed E-state index contributed by atoms with van der Waals surface area (Å²) < 4.78 is 6.05. The maximum atomic E-state index is 11.3. The number of amides is 2. The lowest BCUT2D eigenvalue weighted by Gasteiger charge is -2.24. The summed E-state index contributed by atoms with van der Waals surface area (Å²) in [5.41, 5.74) is 3.76. The zero-order valence-corrected chi connectivity index (χ0v) is 12.5. The van der Waals surface area contributed by atoms with Crippen molar-refractivity contribution in [3.8, 4) is 5.75 Å². The van der Waals surface area contributed by atoms with Gasteiger partial charge in [0.1, 0.15) is 11.9 Å². The summed E-state index contributed by atoms with van der Waals surface area (Å²) in [6.07, 6.45) is 3.08. The van der Waals surface area contributed by atoms with E-state index in [4.69, 9.17) is 4.74 Å². The highest BCUT2D eigenvalue weighted by molar-refractivity contribution is 5.76. The first-order valence-electron chi connectivity index (χ1n) is 6.97. The third-order valence-electron chi connectivity index (χ3n) is 3.74. The van der Waals surface area contributed by atoms with Gasteiger partial charge in [0.15, 0.2) is 0 Å². The quantitative estimate of drug-likeness (QED) is 0.887. The van der Waals surface area contributed by atoms with Crippen molar-refractivity contribution in [2.75, 3.05) is 7.05 Å². The number of ether oxygens (including phenoxy) is 1. The minimum Gasteiger partial charge on any atom is -0.488 e. The maximum Gasteiger partial charge on any atom is 0.314 e. The minimum absolute atomic E-state index is 0.0727. The Labute approximate surface area is 120 Å². The van der Waals surface area contributed by atoms with Gasteiger partial charge < -0.3 is 15.4 Å². The predicted octanol–water partition coefficient (Wildman–Crippen LogP) is 2.73. The van der Waals surface area contributed by atoms with Gasteiger partial charge in [0.05, 0.1) is 6.04 Å². The van der Waals surface area contributed by atoms with Crippen LogP contribution in [-0.4, -0.2) is 25.2 Å². The molecule has 1 aromatic rings. The number of urea groups is 1. The third kappa shape index (κ3) is 2.95. The van der Waals surface area contributed by atoms with Gasteiger partial charge in [-0.15, -0.1) is 0 Å². The van der Waals surface area contributed by atoms with Crippen molar-refractivity contribution in [2.24, 2.45) is 0 Å². The van der Waals surface area contributed by atoms with E-state index in [0.717, 1.165) is 12.2 Å². The summed E-state index contributed by atoms with van der Waals surface area (Å²) in [5.74, 6) is 0.895. The summed E-state index contributed by atoms with van der Waals surface area (Å²) in [5, 5.41) is 5.39. The normalized spacial score (nSPS) is 15.9. The van der Waals surface area contributed by atoms with E-state index in [1.54, 1.807) is 7.05 Å². The van der Waals surface area contributed by atoms with Gasteiger partial charge in [-0.25, -0.2) is 4.79 Å². The van der Waals surface area contributed by atoms with Crippen molar-refractivity contribution in [2.45, 2.75) is 39.3 Å². The van der Waals surface area contributed by atoms with E-state index in [-0.39, 0.29) is 18.2 Å². The van der Waals surface area contributed by atoms with E-state index in [0.29, 0.717) is 0 Å². The molecule has 0 radical (unpaired) electrons. The standard InChI is InChI=1S/C16H22N2O2/c1-10-8-9-13-6-5-7-14(15(10)13)20-12(3)11(2)18-16(19)17-4/h5-8,11-12H,9H2,1-4H3,(H2,17,18,19). The fraction of sp³-hybridized carbons (Fsp3) is 0.438. The van der Waals surface area contributed by atoms with E-state index < -0.39 is 0 Å². The molecule has 0 aliphatic heterocycles. The summed E-state index contributed by atoms with van der Waals surface area (Å²) >= 11 is 0. The molecule has 108 valence electrons. The van der Waals surface area contributed by atoms with Gasteiger partial charge in [-0.1, -0.05) is 18.2 Å². The smallest absolute Gasteiger partial charge is 0.314 e. The molecule has 0 spiro atoms. The number of allylic oxidation sites excluding steroid dienone is 2. The Morgan fingerprint density at radius 1 is 1.35 bits per heavy atom. The van der Waals surface area contributed by atoms with Crippen LogP contribution in [0.15, 0.2) is 24.3 Å². The maximum absolute atomic E-state index is 11.3. The van der Waals surface area contributed by atoms with Gasteiger partial charge in [0, 0.05) is 12.6 Å². The molecule has 0 heterocycles. The number of nitrogens with one attached hydrogen (secondary N) is 2. The Kier molecular flexibility index (Phi) is 4.32. The average Bonchev–Trinajstić information content (AvgIpc) is 2.81. The van der Waals surface area contributed by atoms with Crippen molar-refractivity contribution < 1.29 is 9.53 Å². The molecule has 1 aliphatic carbocycles. The summed E-state index contributed by atoms with van der Waals surface area (Å²) in [6, 6.07) is 5.87. The fourth-order valence-electron chi connectivity index (χ4n) is 2.36. The van der Waals surface area contributed by atoms with Crippen molar-refractivity contribution in [1.29, 1.82) is 0 Å². The third-order valence-corrected chi connectivity index (χ3v) is 3.74. The molecule has 0 bridgehead atoms. The topological polar surface area (TPSA) is 50.4 Å². The SMILES string of the molecule is CNC(=O)NC(C)C(C)Oc1cccc2c1C(C)=CC2. The highest BCUT2D eigenvalue weighted by Crippen LogP contribution is 2.35. The Bertz CT molecular complexity index is 537. The minimum atomic E-state index is -0.192. The molecule has 2 amide bonds. The number of rotatable bonds is 4. The van der Waals surface area contributed by atoms with Gasteiger partial charge in [-0.3, -0.25) is 0 Å². The van der Waals surface area contributed by atoms with Crippen LogP contribution in [0.4, 0.5) is 4.79 Å². The summed E-state index contributed by atoms with van der Waals surface area (Å²) in [6.45, 7) is 6.01. The lowest BCUT2D eigenvalue weighted by molar-refractivity contribution is 0.175. The van der Waals surface area contributed by atoms with E-state index in [2.05, 4.69) is 29.7 Å². The molecule has 1 aromatic carbocycles. The summed E-state index contributed by atoms with van der Waals surface area (Å²) in [4.78, 5) is 11.3. The second-order valence-electron chi connectivity index (χ2n) is 5.22. The van der Waals surface area contributed by atoms with Gasteiger partial charge in [0.25, 0.3) is 0 Å². The average molecular weight is 274 g/mol. The number of carbonyl (C=O) groups is 1. The monoisotopic (exact) mass is 274 g/mol. The second-order valence-corrected chi connectivity index (χ2v) is 5.22. The molecule has 0 saturated heterocycles. The molecule has 0 fully saturated rings. The largest absolute Gasteiger partial charge is 0.488 e. The molecule has 1 aliphatic rings. The molecule has 2 N–H and O–H groups in total. The Morgan fingerprint density at radius 2 is 2.10 bits per heavy atom. The molecule has 2 unspecified atom stereocenters. The number of carbonyl (C=O) groups excluding carboxylic acids is 1. The van der Waals surface area contributed by atoms with Crippen LogP contribution in [0.25, 0.3) is 5.57 Å². The van der Waals surface area contributed by atoms with Crippen LogP contribution in [-0.2, 0) is 6.42 Å². The molecule has 2 atom stereocenters. The molecule has 20 heavy (non-hydrogen) atoms. The van der Waals surface area contributed by atoms with Gasteiger partial charge in [-0.2, -0.15) is 0 Å². The van der Waals surface area contributed by atoms with Crippen molar-refractivity contribution in [1.82, 2.24) is 10.6 Å². The molecule has 0 saturated carbocycles. The highest BCUT2D eigenvalue weighted by Gasteiger charge is 2.20. The van der Waals surface area contributed by atoms with Gasteiger partial charge >= 0.3 is 6.03 Å². The molecular weight excluding hydrogens is 252 g/mol.